The van der Waals surface area contributed by atoms with E-state index >= 15 is 0 Å². The van der Waals surface area contributed by atoms with Crippen molar-refractivity contribution in [2.75, 3.05) is 0 Å². The Labute approximate surface area is 82.1 Å². The van der Waals surface area contributed by atoms with Crippen molar-refractivity contribution < 1.29 is 15.0 Å². The van der Waals surface area contributed by atoms with E-state index in [2.05, 4.69) is 0 Å². The minimum atomic E-state index is -0.694. The quantitative estimate of drug-likeness (QED) is 0.564. The Kier molecular flexibility index (Phi) is 5.93. The van der Waals surface area contributed by atoms with Gasteiger partial charge < -0.3 is 5.11 Å². The van der Waals surface area contributed by atoms with Crippen molar-refractivity contribution >= 4 is 31.1 Å². The van der Waals surface area contributed by atoms with Gasteiger partial charge in [-0.25, -0.2) is 0 Å². The molecule has 11 heavy (non-hydrogen) atoms. The first-order valence-corrected chi connectivity index (χ1v) is 4.06. The van der Waals surface area contributed by atoms with Crippen LogP contribution < -0.4 is 0 Å². The molecule has 0 aliphatic rings. The van der Waals surface area contributed by atoms with Crippen LogP contribution in [0.15, 0.2) is 30.3 Å². The number of rotatable bonds is 0. The molecule has 0 unspecified atom stereocenters. The molecule has 1 aromatic rings. The second-order valence-corrected chi connectivity index (χ2v) is 2.71. The van der Waals surface area contributed by atoms with E-state index in [1.54, 1.807) is 24.3 Å². The number of para-hydroxylation sites is 1. The van der Waals surface area contributed by atoms with Gasteiger partial charge in [-0.1, -0.05) is 18.2 Å². The number of aromatic hydroxyl groups is 1. The summed E-state index contributed by atoms with van der Waals surface area (Å²) >= 11 is 0.265. The van der Waals surface area contributed by atoms with Crippen LogP contribution in [0.3, 0.4) is 0 Å². The molecule has 0 aliphatic carbocycles. The molecule has 1 rings (SSSR count). The summed E-state index contributed by atoms with van der Waals surface area (Å²) in [6, 6.07) is 8.71. The van der Waals surface area contributed by atoms with Crippen molar-refractivity contribution in [2.24, 2.45) is 0 Å². The molecule has 0 aromatic heterocycles. The average Bonchev–Trinajstić information content (AvgIpc) is 1.87. The smallest absolute Gasteiger partial charge is 0.115 e. The van der Waals surface area contributed by atoms with Gasteiger partial charge >= 0.3 is 41.1 Å². The Morgan fingerprint density at radius 1 is 1.27 bits per heavy atom. The molecule has 0 radical (unpaired) electrons. The largest absolute Gasteiger partial charge is 0.508 e. The van der Waals surface area contributed by atoms with Crippen molar-refractivity contribution in [1.82, 2.24) is 0 Å². The van der Waals surface area contributed by atoms with Crippen LogP contribution in [0.5, 0.6) is 5.75 Å². The van der Waals surface area contributed by atoms with E-state index in [0.717, 1.165) is 0 Å². The monoisotopic (exact) mass is 162 g/mol. The van der Waals surface area contributed by atoms with Gasteiger partial charge in [-0.2, -0.15) is 0 Å². The van der Waals surface area contributed by atoms with Gasteiger partial charge in [0.1, 0.15) is 5.75 Å². The maximum Gasteiger partial charge on any atom is 0.115 e. The fourth-order valence-corrected chi connectivity index (χ4v) is 0.428. The van der Waals surface area contributed by atoms with Crippen LogP contribution in [0.25, 0.3) is 0 Å². The molecular formula is C7H7NaO3. The number of phenolic OH excluding ortho intramolecular Hbond substituents is 1. The van der Waals surface area contributed by atoms with Gasteiger partial charge in [-0.15, -0.1) is 0 Å². The van der Waals surface area contributed by atoms with Gasteiger partial charge in [0.2, 0.25) is 0 Å². The fraction of sp³-hybridized carbons (Fsp3) is 0. The Morgan fingerprint density at radius 3 is 1.82 bits per heavy atom. The Bertz CT molecular complexity index is 206. The molecule has 0 aliphatic heterocycles. The second-order valence-electron chi connectivity index (χ2n) is 1.85. The van der Waals surface area contributed by atoms with E-state index in [0.29, 0.717) is 5.75 Å². The molecule has 0 spiro atoms. The summed E-state index contributed by atoms with van der Waals surface area (Å²) in [7, 11) is 0. The molecule has 0 fully saturated rings. The summed E-state index contributed by atoms with van der Waals surface area (Å²) in [5.74, 6) is 0.322. The molecule has 0 amide bonds. The number of phenols is 1. The van der Waals surface area contributed by atoms with E-state index < -0.39 is 3.22 Å². The summed E-state index contributed by atoms with van der Waals surface area (Å²) in [5, 5.41) is 16.1. The SMILES string of the molecule is O=[C](O)[Na].Oc1ccccc1. The van der Waals surface area contributed by atoms with Crippen LogP contribution in [0.1, 0.15) is 0 Å². The van der Waals surface area contributed by atoms with Crippen LogP contribution in [-0.4, -0.2) is 41.4 Å². The molecule has 54 valence electrons. The molecule has 0 atom stereocenters. The number of carbonyl (C=O) groups is 1. The van der Waals surface area contributed by atoms with Crippen LogP contribution in [0.2, 0.25) is 0 Å². The van der Waals surface area contributed by atoms with Crippen LogP contribution in [0.4, 0.5) is 4.79 Å². The molecular weight excluding hydrogens is 155 g/mol. The molecule has 0 heterocycles. The topological polar surface area (TPSA) is 57.5 Å². The molecule has 0 bridgehead atoms. The molecule has 1 aromatic carbocycles. The molecule has 3 nitrogen and oxygen atoms in total. The average molecular weight is 162 g/mol. The number of benzene rings is 1. The third-order valence-corrected chi connectivity index (χ3v) is 0.756. The van der Waals surface area contributed by atoms with Gasteiger partial charge in [0.15, 0.2) is 0 Å². The first-order valence-electron chi connectivity index (χ1n) is 3.06. The molecule has 0 saturated heterocycles. The first-order chi connectivity index (χ1) is 5.13. The third-order valence-electron chi connectivity index (χ3n) is 0.756. The van der Waals surface area contributed by atoms with Gasteiger partial charge in [0.05, 0.1) is 0 Å². The minimum Gasteiger partial charge on any atom is -0.508 e. The summed E-state index contributed by atoms with van der Waals surface area (Å²) < 4.78 is -0.694. The summed E-state index contributed by atoms with van der Waals surface area (Å²) in [4.78, 5) is 9.06. The van der Waals surface area contributed by atoms with Crippen LogP contribution in [0, 0.1) is 0 Å². The summed E-state index contributed by atoms with van der Waals surface area (Å²) in [6.45, 7) is 0. The summed E-state index contributed by atoms with van der Waals surface area (Å²) in [5.41, 5.74) is 0. The van der Waals surface area contributed by atoms with Gasteiger partial charge in [0.25, 0.3) is 0 Å². The Hall–Kier alpha value is -0.510. The molecule has 4 heteroatoms. The van der Waals surface area contributed by atoms with Crippen molar-refractivity contribution in [2.45, 2.75) is 0 Å². The first kappa shape index (κ1) is 10.5. The van der Waals surface area contributed by atoms with Crippen LogP contribution >= 0.6 is 0 Å². The van der Waals surface area contributed by atoms with Crippen molar-refractivity contribution in [3.8, 4) is 5.75 Å². The van der Waals surface area contributed by atoms with Crippen molar-refractivity contribution in [3.63, 3.8) is 0 Å². The van der Waals surface area contributed by atoms with Gasteiger partial charge in [-0.05, 0) is 12.1 Å². The van der Waals surface area contributed by atoms with E-state index in [1.165, 1.54) is 0 Å². The van der Waals surface area contributed by atoms with Gasteiger partial charge in [0, 0.05) is 0 Å². The zero-order chi connectivity index (χ0) is 8.69. The summed E-state index contributed by atoms with van der Waals surface area (Å²) in [6.07, 6.45) is 0. The van der Waals surface area contributed by atoms with Gasteiger partial charge in [-0.3, -0.25) is 0 Å². The Morgan fingerprint density at radius 2 is 1.64 bits per heavy atom. The normalized spacial score (nSPS) is 7.82. The van der Waals surface area contributed by atoms with E-state index in [1.807, 2.05) is 6.07 Å². The van der Waals surface area contributed by atoms with Crippen molar-refractivity contribution in [1.29, 1.82) is 0 Å². The standard InChI is InChI=1S/C6H6O.CHO2.Na/c7-6-4-2-1-3-5-6;2-1-3;/h1-5,7H;(H,2,3);. The predicted molar refractivity (Wildman–Crippen MR) is 41.9 cm³/mol. The number of hydrogen-bond acceptors (Lipinski definition) is 2. The number of hydrogen-bond donors (Lipinski definition) is 2. The predicted octanol–water partition coefficient (Wildman–Crippen LogP) is 1.23. The second kappa shape index (κ2) is 6.22. The Balaban J connectivity index is 0.000000218. The van der Waals surface area contributed by atoms with E-state index in [-0.39, 0.29) is 27.9 Å². The third kappa shape index (κ3) is 9.49. The maximum absolute atomic E-state index is 9.06. The van der Waals surface area contributed by atoms with Crippen LogP contribution in [-0.2, 0) is 0 Å². The zero-order valence-electron chi connectivity index (χ0n) is 6.19. The van der Waals surface area contributed by atoms with E-state index in [4.69, 9.17) is 15.0 Å². The molecule has 0 saturated carbocycles. The number of carboxylic acid groups (broad SMARTS) is 1. The molecule has 2 N–H and O–H groups in total. The van der Waals surface area contributed by atoms with Crippen molar-refractivity contribution in [3.05, 3.63) is 30.3 Å². The zero-order valence-corrected chi connectivity index (χ0v) is 8.19. The minimum absolute atomic E-state index is 0.265. The maximum atomic E-state index is 9.06. The fourth-order valence-electron chi connectivity index (χ4n) is 0.428. The van der Waals surface area contributed by atoms with E-state index in [9.17, 15) is 0 Å².